The summed E-state index contributed by atoms with van der Waals surface area (Å²) in [6.07, 6.45) is 0. The van der Waals surface area contributed by atoms with Crippen molar-refractivity contribution in [2.24, 2.45) is 0 Å². The van der Waals surface area contributed by atoms with E-state index in [0.717, 1.165) is 8.26 Å². The SMILES string of the molecule is CCS(=O)(=O)CCNCc1cc(Br)c(Br)s1. The van der Waals surface area contributed by atoms with Crippen molar-refractivity contribution in [2.75, 3.05) is 18.1 Å². The van der Waals surface area contributed by atoms with Gasteiger partial charge in [-0.1, -0.05) is 6.92 Å². The number of hydrogen-bond donors (Lipinski definition) is 1. The molecule has 1 aromatic rings. The molecule has 0 bridgehead atoms. The largest absolute Gasteiger partial charge is 0.311 e. The summed E-state index contributed by atoms with van der Waals surface area (Å²) >= 11 is 8.46. The fourth-order valence-electron chi connectivity index (χ4n) is 1.06. The molecule has 92 valence electrons. The lowest BCUT2D eigenvalue weighted by molar-refractivity contribution is 0.592. The zero-order valence-corrected chi connectivity index (χ0v) is 13.6. The number of hydrogen-bond acceptors (Lipinski definition) is 4. The quantitative estimate of drug-likeness (QED) is 0.759. The minimum Gasteiger partial charge on any atom is -0.311 e. The summed E-state index contributed by atoms with van der Waals surface area (Å²) < 4.78 is 24.5. The summed E-state index contributed by atoms with van der Waals surface area (Å²) in [6, 6.07) is 2.02. The average Bonchev–Trinajstić information content (AvgIpc) is 2.54. The highest BCUT2D eigenvalue weighted by Crippen LogP contribution is 2.32. The van der Waals surface area contributed by atoms with Gasteiger partial charge in [0.25, 0.3) is 0 Å². The normalized spacial score (nSPS) is 11.9. The van der Waals surface area contributed by atoms with Gasteiger partial charge >= 0.3 is 0 Å². The Bertz CT molecular complexity index is 423. The van der Waals surface area contributed by atoms with Gasteiger partial charge in [0.2, 0.25) is 0 Å². The number of rotatable bonds is 6. The molecule has 1 N–H and O–H groups in total. The average molecular weight is 391 g/mol. The fraction of sp³-hybridized carbons (Fsp3) is 0.556. The Morgan fingerprint density at radius 1 is 1.44 bits per heavy atom. The second-order valence-corrected chi connectivity index (χ2v) is 9.03. The van der Waals surface area contributed by atoms with Gasteiger partial charge in [-0.05, 0) is 37.9 Å². The van der Waals surface area contributed by atoms with Crippen LogP contribution in [0.5, 0.6) is 0 Å². The van der Waals surface area contributed by atoms with Crippen LogP contribution in [0.3, 0.4) is 0 Å². The van der Waals surface area contributed by atoms with Gasteiger partial charge in [0.1, 0.15) is 0 Å². The first-order valence-electron chi connectivity index (χ1n) is 4.79. The van der Waals surface area contributed by atoms with Gasteiger partial charge in [0.15, 0.2) is 9.84 Å². The van der Waals surface area contributed by atoms with Crippen LogP contribution in [0.15, 0.2) is 14.3 Å². The van der Waals surface area contributed by atoms with E-state index in [4.69, 9.17) is 0 Å². The van der Waals surface area contributed by atoms with E-state index in [1.165, 1.54) is 4.88 Å². The molecule has 0 aliphatic heterocycles. The van der Waals surface area contributed by atoms with Gasteiger partial charge < -0.3 is 5.32 Å². The maximum Gasteiger partial charge on any atom is 0.151 e. The van der Waals surface area contributed by atoms with Gasteiger partial charge in [-0.25, -0.2) is 8.42 Å². The fourth-order valence-corrected chi connectivity index (χ4v) is 3.95. The van der Waals surface area contributed by atoms with Crippen molar-refractivity contribution in [3.8, 4) is 0 Å². The molecule has 1 aromatic heterocycles. The zero-order valence-electron chi connectivity index (χ0n) is 8.79. The Hall–Kier alpha value is 0.570. The molecule has 16 heavy (non-hydrogen) atoms. The molecule has 1 rings (SSSR count). The summed E-state index contributed by atoms with van der Waals surface area (Å²) in [6.45, 7) is 2.88. The third-order valence-electron chi connectivity index (χ3n) is 2.03. The van der Waals surface area contributed by atoms with Crippen molar-refractivity contribution in [3.05, 3.63) is 19.2 Å². The molecule has 0 aromatic carbocycles. The molecule has 0 saturated heterocycles. The Labute approximate surface area is 117 Å². The Balaban J connectivity index is 2.31. The van der Waals surface area contributed by atoms with Crippen LogP contribution in [0.1, 0.15) is 11.8 Å². The Kier molecular flexibility index (Phi) is 5.93. The Morgan fingerprint density at radius 2 is 2.12 bits per heavy atom. The molecule has 0 saturated carbocycles. The van der Waals surface area contributed by atoms with E-state index < -0.39 is 9.84 Å². The summed E-state index contributed by atoms with van der Waals surface area (Å²) in [5.74, 6) is 0.419. The molecule has 0 spiro atoms. The lowest BCUT2D eigenvalue weighted by Crippen LogP contribution is -2.23. The number of thiophene rings is 1. The summed E-state index contributed by atoms with van der Waals surface area (Å²) in [7, 11) is -2.85. The molecule has 0 fully saturated rings. The van der Waals surface area contributed by atoms with E-state index in [-0.39, 0.29) is 11.5 Å². The van der Waals surface area contributed by atoms with Gasteiger partial charge in [0, 0.05) is 28.2 Å². The maximum atomic E-state index is 11.2. The van der Waals surface area contributed by atoms with E-state index in [2.05, 4.69) is 37.2 Å². The van der Waals surface area contributed by atoms with Crippen molar-refractivity contribution < 1.29 is 8.42 Å². The topological polar surface area (TPSA) is 46.2 Å². The summed E-state index contributed by atoms with van der Waals surface area (Å²) in [5.41, 5.74) is 0. The molecule has 0 radical (unpaired) electrons. The highest BCUT2D eigenvalue weighted by atomic mass is 79.9. The maximum absolute atomic E-state index is 11.2. The lowest BCUT2D eigenvalue weighted by Gasteiger charge is -2.02. The highest BCUT2D eigenvalue weighted by Gasteiger charge is 2.07. The van der Waals surface area contributed by atoms with Gasteiger partial charge in [-0.15, -0.1) is 11.3 Å². The van der Waals surface area contributed by atoms with E-state index in [1.807, 2.05) is 6.07 Å². The summed E-state index contributed by atoms with van der Waals surface area (Å²) in [4.78, 5) is 1.17. The predicted molar refractivity (Wildman–Crippen MR) is 75.8 cm³/mol. The van der Waals surface area contributed by atoms with Crippen molar-refractivity contribution in [3.63, 3.8) is 0 Å². The molecular formula is C9H13Br2NO2S2. The third kappa shape index (κ3) is 4.83. The zero-order chi connectivity index (χ0) is 12.2. The van der Waals surface area contributed by atoms with E-state index >= 15 is 0 Å². The van der Waals surface area contributed by atoms with Crippen LogP contribution in [-0.4, -0.2) is 26.5 Å². The third-order valence-corrected chi connectivity index (χ3v) is 6.99. The van der Waals surface area contributed by atoms with E-state index in [0.29, 0.717) is 13.1 Å². The second-order valence-electron chi connectivity index (χ2n) is 3.25. The van der Waals surface area contributed by atoms with Crippen LogP contribution in [0.4, 0.5) is 0 Å². The molecule has 0 aliphatic rings. The molecule has 0 amide bonds. The molecule has 7 heteroatoms. The lowest BCUT2D eigenvalue weighted by atomic mass is 10.4. The van der Waals surface area contributed by atoms with Crippen molar-refractivity contribution in [1.29, 1.82) is 0 Å². The molecular weight excluding hydrogens is 378 g/mol. The van der Waals surface area contributed by atoms with Crippen LogP contribution in [-0.2, 0) is 16.4 Å². The first kappa shape index (κ1) is 14.6. The van der Waals surface area contributed by atoms with Crippen LogP contribution in [0.2, 0.25) is 0 Å². The molecule has 0 atom stereocenters. The van der Waals surface area contributed by atoms with Crippen LogP contribution in [0, 0.1) is 0 Å². The van der Waals surface area contributed by atoms with Gasteiger partial charge in [-0.3, -0.25) is 0 Å². The van der Waals surface area contributed by atoms with Crippen molar-refractivity contribution >= 4 is 53.0 Å². The number of nitrogens with one attached hydrogen (secondary N) is 1. The monoisotopic (exact) mass is 389 g/mol. The molecule has 3 nitrogen and oxygen atoms in total. The minimum atomic E-state index is -2.85. The van der Waals surface area contributed by atoms with Crippen LogP contribution >= 0.6 is 43.2 Å². The number of halogens is 2. The smallest absolute Gasteiger partial charge is 0.151 e. The standard InChI is InChI=1S/C9H13Br2NO2S2/c1-2-16(13,14)4-3-12-6-7-5-8(10)9(11)15-7/h5,12H,2-4,6H2,1H3. The predicted octanol–water partition coefficient (Wildman–Crippen LogP) is 2.80. The molecule has 0 unspecified atom stereocenters. The summed E-state index contributed by atoms with van der Waals surface area (Å²) in [5, 5.41) is 3.12. The highest BCUT2D eigenvalue weighted by molar-refractivity contribution is 9.13. The minimum absolute atomic E-state index is 0.206. The molecule has 0 aliphatic carbocycles. The Morgan fingerprint density at radius 3 is 2.62 bits per heavy atom. The van der Waals surface area contributed by atoms with Crippen LogP contribution in [0.25, 0.3) is 0 Å². The van der Waals surface area contributed by atoms with Gasteiger partial charge in [-0.2, -0.15) is 0 Å². The van der Waals surface area contributed by atoms with Crippen LogP contribution < -0.4 is 5.32 Å². The van der Waals surface area contributed by atoms with Crippen molar-refractivity contribution in [2.45, 2.75) is 13.5 Å². The van der Waals surface area contributed by atoms with Gasteiger partial charge in [0.05, 0.1) is 9.54 Å². The second kappa shape index (κ2) is 6.49. The first-order chi connectivity index (χ1) is 7.44. The number of sulfone groups is 1. The van der Waals surface area contributed by atoms with E-state index in [1.54, 1.807) is 18.3 Å². The van der Waals surface area contributed by atoms with Crippen molar-refractivity contribution in [1.82, 2.24) is 5.32 Å². The molecule has 1 heterocycles. The van der Waals surface area contributed by atoms with E-state index in [9.17, 15) is 8.42 Å². The first-order valence-corrected chi connectivity index (χ1v) is 9.02.